The Morgan fingerprint density at radius 2 is 1.96 bits per heavy atom. The van der Waals surface area contributed by atoms with Gasteiger partial charge in [-0.15, -0.1) is 0 Å². The van der Waals surface area contributed by atoms with E-state index in [1.54, 1.807) is 36.2 Å². The Labute approximate surface area is 164 Å². The molecule has 0 aliphatic rings. The molecular formula is C23H22N2O3. The van der Waals surface area contributed by atoms with E-state index in [1.165, 1.54) is 5.56 Å². The first-order valence-corrected chi connectivity index (χ1v) is 8.99. The maximum absolute atomic E-state index is 12.6. The molecule has 0 aliphatic heterocycles. The van der Waals surface area contributed by atoms with Crippen LogP contribution in [-0.2, 0) is 13.2 Å². The van der Waals surface area contributed by atoms with Gasteiger partial charge in [-0.25, -0.2) is 0 Å². The maximum atomic E-state index is 12.6. The van der Waals surface area contributed by atoms with Gasteiger partial charge in [-0.1, -0.05) is 29.8 Å². The van der Waals surface area contributed by atoms with Crippen molar-refractivity contribution in [1.82, 2.24) is 4.90 Å². The minimum absolute atomic E-state index is 0.222. The van der Waals surface area contributed by atoms with Crippen LogP contribution in [0.5, 0.6) is 5.75 Å². The van der Waals surface area contributed by atoms with Crippen molar-refractivity contribution in [1.29, 1.82) is 5.26 Å². The number of rotatable bonds is 6. The second kappa shape index (κ2) is 8.45. The molecule has 0 bridgehead atoms. The molecule has 0 radical (unpaired) electrons. The van der Waals surface area contributed by atoms with E-state index in [4.69, 9.17) is 14.4 Å². The first kappa shape index (κ1) is 19.2. The molecule has 3 rings (SSSR count). The molecule has 142 valence electrons. The third-order valence-electron chi connectivity index (χ3n) is 4.40. The minimum atomic E-state index is -0.222. The minimum Gasteiger partial charge on any atom is -0.485 e. The van der Waals surface area contributed by atoms with Crippen molar-refractivity contribution in [3.63, 3.8) is 0 Å². The lowest BCUT2D eigenvalue weighted by atomic mass is 10.1. The summed E-state index contributed by atoms with van der Waals surface area (Å²) in [6.45, 7) is 4.68. The summed E-state index contributed by atoms with van der Waals surface area (Å²) in [6.07, 6.45) is 0. The lowest BCUT2D eigenvalue weighted by Gasteiger charge is -2.16. The quantitative estimate of drug-likeness (QED) is 0.631. The zero-order valence-electron chi connectivity index (χ0n) is 16.2. The molecule has 0 fully saturated rings. The molecule has 0 aliphatic carbocycles. The Balaban J connectivity index is 1.62. The summed E-state index contributed by atoms with van der Waals surface area (Å²) in [5.41, 5.74) is 3.70. The number of carbonyl (C=O) groups excluding carboxylic acids is 1. The van der Waals surface area contributed by atoms with Crippen molar-refractivity contribution in [3.8, 4) is 11.8 Å². The molecule has 0 saturated carbocycles. The van der Waals surface area contributed by atoms with Gasteiger partial charge in [0.2, 0.25) is 0 Å². The molecule has 3 aromatic rings. The number of benzene rings is 2. The summed E-state index contributed by atoms with van der Waals surface area (Å²) in [5, 5.41) is 8.99. The number of aryl methyl sites for hydroxylation is 2. The molecule has 1 aromatic heterocycles. The largest absolute Gasteiger partial charge is 0.485 e. The van der Waals surface area contributed by atoms with Gasteiger partial charge in [0.25, 0.3) is 5.91 Å². The van der Waals surface area contributed by atoms with Crippen molar-refractivity contribution < 1.29 is 13.9 Å². The summed E-state index contributed by atoms with van der Waals surface area (Å²) < 4.78 is 11.5. The number of nitrogens with zero attached hydrogens (tertiary/aromatic N) is 2. The van der Waals surface area contributed by atoms with E-state index in [1.807, 2.05) is 38.1 Å². The molecule has 0 saturated heterocycles. The SMILES string of the molecule is Cc1ccc(OCc2ccc(C(=O)N(C)Cc3cccc(C#N)c3)o2)c(C)c1. The molecule has 28 heavy (non-hydrogen) atoms. The number of hydrogen-bond donors (Lipinski definition) is 0. The molecular weight excluding hydrogens is 352 g/mol. The van der Waals surface area contributed by atoms with Crippen LogP contribution in [0, 0.1) is 25.2 Å². The van der Waals surface area contributed by atoms with E-state index in [0.29, 0.717) is 17.9 Å². The van der Waals surface area contributed by atoms with Crippen LogP contribution in [0.25, 0.3) is 0 Å². The fourth-order valence-corrected chi connectivity index (χ4v) is 2.95. The van der Waals surface area contributed by atoms with Crippen LogP contribution in [0.4, 0.5) is 0 Å². The van der Waals surface area contributed by atoms with Gasteiger partial charge in [0.1, 0.15) is 18.1 Å². The van der Waals surface area contributed by atoms with E-state index in [-0.39, 0.29) is 18.3 Å². The highest BCUT2D eigenvalue weighted by atomic mass is 16.5. The first-order valence-electron chi connectivity index (χ1n) is 8.99. The van der Waals surface area contributed by atoms with E-state index in [0.717, 1.165) is 16.9 Å². The third kappa shape index (κ3) is 4.60. The van der Waals surface area contributed by atoms with Crippen molar-refractivity contribution in [2.24, 2.45) is 0 Å². The second-order valence-corrected chi connectivity index (χ2v) is 6.80. The lowest BCUT2D eigenvalue weighted by Crippen LogP contribution is -2.25. The number of carbonyl (C=O) groups is 1. The molecule has 0 N–H and O–H groups in total. The van der Waals surface area contributed by atoms with Crippen LogP contribution in [0.1, 0.15) is 38.6 Å². The smallest absolute Gasteiger partial charge is 0.289 e. The average molecular weight is 374 g/mol. The van der Waals surface area contributed by atoms with Gasteiger partial charge in [0.05, 0.1) is 11.6 Å². The zero-order valence-corrected chi connectivity index (χ0v) is 16.2. The number of hydrogen-bond acceptors (Lipinski definition) is 4. The van der Waals surface area contributed by atoms with Crippen molar-refractivity contribution in [2.75, 3.05) is 7.05 Å². The summed E-state index contributed by atoms with van der Waals surface area (Å²) >= 11 is 0. The van der Waals surface area contributed by atoms with E-state index in [9.17, 15) is 4.79 Å². The molecule has 0 unspecified atom stereocenters. The van der Waals surface area contributed by atoms with Gasteiger partial charge in [-0.3, -0.25) is 4.79 Å². The Morgan fingerprint density at radius 1 is 1.14 bits per heavy atom. The van der Waals surface area contributed by atoms with Crippen LogP contribution in [0.15, 0.2) is 59.0 Å². The fourth-order valence-electron chi connectivity index (χ4n) is 2.95. The van der Waals surface area contributed by atoms with E-state index >= 15 is 0 Å². The normalized spacial score (nSPS) is 10.4. The van der Waals surface area contributed by atoms with Gasteiger partial charge in [-0.05, 0) is 55.3 Å². The standard InChI is InChI=1S/C23H22N2O3/c1-16-7-9-21(17(2)11-16)27-15-20-8-10-22(28-20)23(26)25(3)14-19-6-4-5-18(12-19)13-24/h4-12H,14-15H2,1-3H3. The number of ether oxygens (including phenoxy) is 1. The predicted molar refractivity (Wildman–Crippen MR) is 106 cm³/mol. The highest BCUT2D eigenvalue weighted by molar-refractivity contribution is 5.91. The Kier molecular flexibility index (Phi) is 5.81. The van der Waals surface area contributed by atoms with E-state index in [2.05, 4.69) is 12.1 Å². The van der Waals surface area contributed by atoms with Gasteiger partial charge < -0.3 is 14.1 Å². The Bertz CT molecular complexity index is 1030. The predicted octanol–water partition coefficient (Wildman–Crippen LogP) is 4.62. The summed E-state index contributed by atoms with van der Waals surface area (Å²) in [4.78, 5) is 14.2. The molecule has 2 aromatic carbocycles. The highest BCUT2D eigenvalue weighted by Gasteiger charge is 2.17. The number of nitriles is 1. The average Bonchev–Trinajstić information content (AvgIpc) is 3.15. The van der Waals surface area contributed by atoms with Crippen molar-refractivity contribution in [3.05, 3.63) is 88.4 Å². The fraction of sp³-hybridized carbons (Fsp3) is 0.217. The van der Waals surface area contributed by atoms with Crippen LogP contribution in [0.2, 0.25) is 0 Å². The van der Waals surface area contributed by atoms with Crippen LogP contribution in [-0.4, -0.2) is 17.9 Å². The van der Waals surface area contributed by atoms with E-state index < -0.39 is 0 Å². The molecule has 5 nitrogen and oxygen atoms in total. The van der Waals surface area contributed by atoms with Crippen LogP contribution >= 0.6 is 0 Å². The Morgan fingerprint density at radius 3 is 2.71 bits per heavy atom. The van der Waals surface area contributed by atoms with Crippen LogP contribution in [0.3, 0.4) is 0 Å². The van der Waals surface area contributed by atoms with Crippen molar-refractivity contribution in [2.45, 2.75) is 27.0 Å². The number of amides is 1. The number of furan rings is 1. The van der Waals surface area contributed by atoms with Crippen molar-refractivity contribution >= 4 is 5.91 Å². The van der Waals surface area contributed by atoms with Gasteiger partial charge >= 0.3 is 0 Å². The summed E-state index contributed by atoms with van der Waals surface area (Å²) in [5.74, 6) is 1.42. The summed E-state index contributed by atoms with van der Waals surface area (Å²) in [7, 11) is 1.70. The van der Waals surface area contributed by atoms with Gasteiger partial charge in [0.15, 0.2) is 5.76 Å². The maximum Gasteiger partial charge on any atom is 0.289 e. The highest BCUT2D eigenvalue weighted by Crippen LogP contribution is 2.21. The second-order valence-electron chi connectivity index (χ2n) is 6.80. The third-order valence-corrected chi connectivity index (χ3v) is 4.40. The topological polar surface area (TPSA) is 66.5 Å². The summed E-state index contributed by atoms with van der Waals surface area (Å²) in [6, 6.07) is 18.7. The molecule has 0 spiro atoms. The first-order chi connectivity index (χ1) is 13.5. The Hall–Kier alpha value is -3.52. The van der Waals surface area contributed by atoms with Gasteiger partial charge in [0, 0.05) is 13.6 Å². The lowest BCUT2D eigenvalue weighted by molar-refractivity contribution is 0.0749. The monoisotopic (exact) mass is 374 g/mol. The molecule has 0 atom stereocenters. The molecule has 5 heteroatoms. The van der Waals surface area contributed by atoms with Gasteiger partial charge in [-0.2, -0.15) is 5.26 Å². The zero-order chi connectivity index (χ0) is 20.1. The molecule has 1 amide bonds. The van der Waals surface area contributed by atoms with Crippen LogP contribution < -0.4 is 4.74 Å². The molecule has 1 heterocycles.